The number of anilines is 2. The van der Waals surface area contributed by atoms with E-state index in [1.54, 1.807) is 0 Å². The molecule has 0 unspecified atom stereocenters. The average Bonchev–Trinajstić information content (AvgIpc) is 2.61. The second-order valence-electron chi connectivity index (χ2n) is 6.01. The molecule has 0 saturated heterocycles. The van der Waals surface area contributed by atoms with Crippen LogP contribution in [-0.2, 0) is 21.2 Å². The number of hydrogen-bond acceptors (Lipinski definition) is 3. The first-order valence-electron chi connectivity index (χ1n) is 7.94. The van der Waals surface area contributed by atoms with Crippen molar-refractivity contribution in [2.45, 2.75) is 6.18 Å². The van der Waals surface area contributed by atoms with Gasteiger partial charge in [-0.25, -0.2) is 8.70 Å². The number of benzene rings is 2. The molecule has 0 saturated carbocycles. The third kappa shape index (κ3) is 5.58. The normalized spacial score (nSPS) is 12.1. The van der Waals surface area contributed by atoms with Gasteiger partial charge in [0, 0.05) is 19.8 Å². The molecule has 6 nitrogen and oxygen atoms in total. The molecule has 1 N–H and O–H groups in total. The Labute approximate surface area is 169 Å². The molecule has 158 valence electrons. The molecule has 0 aromatic heterocycles. The first kappa shape index (κ1) is 22.9. The van der Waals surface area contributed by atoms with Crippen LogP contribution in [0.2, 0.25) is 5.02 Å². The Balaban J connectivity index is 2.30. The zero-order valence-electron chi connectivity index (χ0n) is 15.2. The molecule has 29 heavy (non-hydrogen) atoms. The lowest BCUT2D eigenvalue weighted by atomic mass is 10.2. The van der Waals surface area contributed by atoms with Crippen molar-refractivity contribution in [1.29, 1.82) is 0 Å². The summed E-state index contributed by atoms with van der Waals surface area (Å²) in [6.07, 6.45) is -4.73. The Morgan fingerprint density at radius 3 is 2.21 bits per heavy atom. The summed E-state index contributed by atoms with van der Waals surface area (Å²) < 4.78 is 78.7. The summed E-state index contributed by atoms with van der Waals surface area (Å²) in [6, 6.07) is 7.11. The smallest absolute Gasteiger partial charge is 0.324 e. The molecule has 2 aromatic carbocycles. The number of alkyl halides is 3. The Hall–Kier alpha value is -2.37. The van der Waals surface area contributed by atoms with Crippen molar-refractivity contribution in [2.24, 2.45) is 0 Å². The Bertz CT molecular complexity index is 996. The molecule has 0 aliphatic carbocycles. The van der Waals surface area contributed by atoms with Crippen LogP contribution < -0.4 is 9.62 Å². The monoisotopic (exact) mass is 453 g/mol. The van der Waals surface area contributed by atoms with Gasteiger partial charge in [0.15, 0.2) is 0 Å². The largest absolute Gasteiger partial charge is 0.417 e. The van der Waals surface area contributed by atoms with Crippen molar-refractivity contribution >= 4 is 39.1 Å². The third-order valence-electron chi connectivity index (χ3n) is 3.70. The minimum Gasteiger partial charge on any atom is -0.324 e. The number of rotatable bonds is 6. The van der Waals surface area contributed by atoms with Crippen LogP contribution in [0, 0.1) is 5.82 Å². The molecule has 2 aromatic rings. The molecule has 0 aliphatic rings. The van der Waals surface area contributed by atoms with Gasteiger partial charge in [-0.2, -0.15) is 25.9 Å². The SMILES string of the molecule is CN(C)S(=O)(=O)N(CC(=O)Nc1ccc(Cl)c(C(F)(F)F)c1)c1ccc(F)cc1. The van der Waals surface area contributed by atoms with E-state index < -0.39 is 45.2 Å². The summed E-state index contributed by atoms with van der Waals surface area (Å²) in [5.74, 6) is -1.52. The molecule has 1 amide bonds. The van der Waals surface area contributed by atoms with Crippen LogP contribution in [0.1, 0.15) is 5.56 Å². The molecular weight excluding hydrogens is 438 g/mol. The number of nitrogens with one attached hydrogen (secondary N) is 1. The van der Waals surface area contributed by atoms with E-state index in [4.69, 9.17) is 11.6 Å². The highest BCUT2D eigenvalue weighted by Crippen LogP contribution is 2.36. The van der Waals surface area contributed by atoms with Crippen LogP contribution in [-0.4, -0.2) is 39.3 Å². The standard InChI is InChI=1S/C17H16ClF4N3O3S/c1-24(2)29(27,28)25(13-6-3-11(19)4-7-13)10-16(26)23-12-5-8-15(18)14(9-12)17(20,21)22/h3-9H,10H2,1-2H3,(H,23,26). The Kier molecular flexibility index (Phi) is 6.76. The van der Waals surface area contributed by atoms with Gasteiger partial charge in [0.2, 0.25) is 5.91 Å². The molecule has 2 rings (SSSR count). The fourth-order valence-corrected chi connectivity index (χ4v) is 3.55. The van der Waals surface area contributed by atoms with E-state index in [-0.39, 0.29) is 11.4 Å². The number of amides is 1. The summed E-state index contributed by atoms with van der Waals surface area (Å²) in [6.45, 7) is -0.754. The van der Waals surface area contributed by atoms with E-state index in [1.165, 1.54) is 14.1 Å². The van der Waals surface area contributed by atoms with E-state index in [2.05, 4.69) is 5.32 Å². The molecule has 0 fully saturated rings. The second kappa shape index (κ2) is 8.56. The maximum Gasteiger partial charge on any atom is 0.417 e. The number of hydrogen-bond donors (Lipinski definition) is 1. The van der Waals surface area contributed by atoms with E-state index in [0.717, 1.165) is 40.7 Å². The molecule has 0 heterocycles. The molecule has 0 atom stereocenters. The number of carbonyl (C=O) groups is 1. The zero-order valence-corrected chi connectivity index (χ0v) is 16.7. The summed E-state index contributed by atoms with van der Waals surface area (Å²) in [4.78, 5) is 12.4. The summed E-state index contributed by atoms with van der Waals surface area (Å²) in [5.41, 5.74) is -1.36. The van der Waals surface area contributed by atoms with Crippen molar-refractivity contribution in [3.05, 3.63) is 58.9 Å². The van der Waals surface area contributed by atoms with Gasteiger partial charge in [-0.05, 0) is 42.5 Å². The predicted molar refractivity (Wildman–Crippen MR) is 101 cm³/mol. The van der Waals surface area contributed by atoms with Gasteiger partial charge >= 0.3 is 16.4 Å². The first-order valence-corrected chi connectivity index (χ1v) is 9.72. The summed E-state index contributed by atoms with van der Waals surface area (Å²) >= 11 is 5.53. The minimum atomic E-state index is -4.73. The third-order valence-corrected chi connectivity index (χ3v) is 5.85. The maximum atomic E-state index is 13.2. The van der Waals surface area contributed by atoms with Gasteiger partial charge in [0.1, 0.15) is 12.4 Å². The lowest BCUT2D eigenvalue weighted by Crippen LogP contribution is -2.44. The molecule has 0 spiro atoms. The maximum absolute atomic E-state index is 13.2. The van der Waals surface area contributed by atoms with Crippen molar-refractivity contribution in [2.75, 3.05) is 30.3 Å². The van der Waals surface area contributed by atoms with Crippen molar-refractivity contribution in [1.82, 2.24) is 4.31 Å². The fraction of sp³-hybridized carbons (Fsp3) is 0.235. The van der Waals surface area contributed by atoms with E-state index >= 15 is 0 Å². The topological polar surface area (TPSA) is 69.7 Å². The number of nitrogens with zero attached hydrogens (tertiary/aromatic N) is 2. The van der Waals surface area contributed by atoms with E-state index in [0.29, 0.717) is 10.4 Å². The van der Waals surface area contributed by atoms with Gasteiger partial charge in [0.25, 0.3) is 0 Å². The predicted octanol–water partition coefficient (Wildman–Crippen LogP) is 3.75. The van der Waals surface area contributed by atoms with Crippen LogP contribution >= 0.6 is 11.6 Å². The Morgan fingerprint density at radius 1 is 1.10 bits per heavy atom. The number of carbonyl (C=O) groups excluding carboxylic acids is 1. The summed E-state index contributed by atoms with van der Waals surface area (Å²) in [7, 11) is -1.68. The summed E-state index contributed by atoms with van der Waals surface area (Å²) in [5, 5.41) is 1.67. The van der Waals surface area contributed by atoms with Gasteiger partial charge in [0.05, 0.1) is 16.3 Å². The second-order valence-corrected chi connectivity index (χ2v) is 8.49. The lowest BCUT2D eigenvalue weighted by Gasteiger charge is -2.27. The van der Waals surface area contributed by atoms with Gasteiger partial charge in [-0.1, -0.05) is 11.6 Å². The van der Waals surface area contributed by atoms with E-state index in [9.17, 15) is 30.8 Å². The van der Waals surface area contributed by atoms with E-state index in [1.807, 2.05) is 0 Å². The highest BCUT2D eigenvalue weighted by Gasteiger charge is 2.33. The molecule has 0 aliphatic heterocycles. The van der Waals surface area contributed by atoms with Crippen LogP contribution in [0.15, 0.2) is 42.5 Å². The molecular formula is C17H16ClF4N3O3S. The van der Waals surface area contributed by atoms with Crippen LogP contribution in [0.25, 0.3) is 0 Å². The molecule has 12 heteroatoms. The zero-order chi connectivity index (χ0) is 22.0. The van der Waals surface area contributed by atoms with Crippen LogP contribution in [0.3, 0.4) is 0 Å². The van der Waals surface area contributed by atoms with Crippen molar-refractivity contribution in [3.63, 3.8) is 0 Å². The lowest BCUT2D eigenvalue weighted by molar-refractivity contribution is -0.137. The highest BCUT2D eigenvalue weighted by molar-refractivity contribution is 7.90. The Morgan fingerprint density at radius 2 is 1.69 bits per heavy atom. The quantitative estimate of drug-likeness (QED) is 0.677. The van der Waals surface area contributed by atoms with Crippen molar-refractivity contribution < 1.29 is 30.8 Å². The molecule has 0 bridgehead atoms. The van der Waals surface area contributed by atoms with Crippen molar-refractivity contribution in [3.8, 4) is 0 Å². The van der Waals surface area contributed by atoms with Gasteiger partial charge in [-0.3, -0.25) is 4.79 Å². The average molecular weight is 454 g/mol. The van der Waals surface area contributed by atoms with Gasteiger partial charge < -0.3 is 5.32 Å². The molecule has 0 radical (unpaired) electrons. The highest BCUT2D eigenvalue weighted by atomic mass is 35.5. The van der Waals surface area contributed by atoms with Crippen LogP contribution in [0.5, 0.6) is 0 Å². The first-order chi connectivity index (χ1) is 13.3. The van der Waals surface area contributed by atoms with Crippen LogP contribution in [0.4, 0.5) is 28.9 Å². The fourth-order valence-electron chi connectivity index (χ4n) is 2.26. The number of halogens is 5. The minimum absolute atomic E-state index is 0.00216. The van der Waals surface area contributed by atoms with Gasteiger partial charge in [-0.15, -0.1) is 0 Å².